The lowest BCUT2D eigenvalue weighted by Crippen LogP contribution is -2.42. The summed E-state index contributed by atoms with van der Waals surface area (Å²) in [7, 11) is 1.79. The molecule has 1 fully saturated rings. The lowest BCUT2D eigenvalue weighted by Gasteiger charge is -2.29. The smallest absolute Gasteiger partial charge is 0.232 e. The van der Waals surface area contributed by atoms with E-state index in [-0.39, 0.29) is 12.0 Å². The van der Waals surface area contributed by atoms with Crippen molar-refractivity contribution < 1.29 is 14.3 Å². The van der Waals surface area contributed by atoms with Gasteiger partial charge in [0.2, 0.25) is 5.91 Å². The maximum Gasteiger partial charge on any atom is 0.232 e. The van der Waals surface area contributed by atoms with E-state index in [4.69, 9.17) is 9.47 Å². The van der Waals surface area contributed by atoms with E-state index in [1.807, 2.05) is 30.3 Å². The molecule has 0 saturated heterocycles. The van der Waals surface area contributed by atoms with Crippen LogP contribution in [0.3, 0.4) is 0 Å². The Labute approximate surface area is 168 Å². The number of amides is 1. The summed E-state index contributed by atoms with van der Waals surface area (Å²) in [6, 6.07) is 7.58. The molecule has 1 saturated carbocycles. The predicted molar refractivity (Wildman–Crippen MR) is 107 cm³/mol. The topological polar surface area (TPSA) is 69.5 Å². The van der Waals surface area contributed by atoms with Gasteiger partial charge in [-0.05, 0) is 25.0 Å². The number of hydrogen-bond donors (Lipinski definition) is 0. The number of allylic oxidation sites excluding steroid dienone is 1. The van der Waals surface area contributed by atoms with Crippen LogP contribution in [0.25, 0.3) is 0 Å². The first-order chi connectivity index (χ1) is 13.7. The van der Waals surface area contributed by atoms with Crippen LogP contribution in [0.2, 0.25) is 0 Å². The number of hydrogen-bond acceptors (Lipinski definition) is 6. The van der Waals surface area contributed by atoms with Crippen molar-refractivity contribution in [3.8, 4) is 11.5 Å². The normalized spacial score (nSPS) is 18.0. The van der Waals surface area contributed by atoms with Gasteiger partial charge in [0.1, 0.15) is 12.4 Å². The molecular formula is C20H24N4O3S. The monoisotopic (exact) mass is 400 g/mol. The highest BCUT2D eigenvalue weighted by molar-refractivity contribution is 7.99. The third kappa shape index (κ3) is 4.16. The number of rotatable bonds is 8. The second-order valence-electron chi connectivity index (χ2n) is 7.07. The van der Waals surface area contributed by atoms with Crippen molar-refractivity contribution in [2.75, 3.05) is 26.0 Å². The van der Waals surface area contributed by atoms with Crippen LogP contribution in [0.1, 0.15) is 24.6 Å². The van der Waals surface area contributed by atoms with E-state index in [1.54, 1.807) is 11.9 Å². The van der Waals surface area contributed by atoms with Gasteiger partial charge in [0.25, 0.3) is 0 Å². The molecule has 1 aliphatic heterocycles. The summed E-state index contributed by atoms with van der Waals surface area (Å²) < 4.78 is 13.7. The van der Waals surface area contributed by atoms with Gasteiger partial charge in [-0.15, -0.1) is 16.8 Å². The van der Waals surface area contributed by atoms with Gasteiger partial charge in [-0.25, -0.2) is 0 Å². The van der Waals surface area contributed by atoms with Crippen molar-refractivity contribution in [2.45, 2.75) is 36.6 Å². The van der Waals surface area contributed by atoms with Crippen LogP contribution in [0.5, 0.6) is 11.5 Å². The summed E-state index contributed by atoms with van der Waals surface area (Å²) >= 11 is 1.42. The van der Waals surface area contributed by atoms with Gasteiger partial charge < -0.3 is 18.9 Å². The molecule has 0 spiro atoms. The van der Waals surface area contributed by atoms with Gasteiger partial charge in [0.15, 0.2) is 22.8 Å². The highest BCUT2D eigenvalue weighted by Gasteiger charge is 2.30. The minimum Gasteiger partial charge on any atom is -0.486 e. The van der Waals surface area contributed by atoms with Crippen LogP contribution in [0.15, 0.2) is 42.1 Å². The summed E-state index contributed by atoms with van der Waals surface area (Å²) in [5.74, 6) is 3.31. The number of likely N-dealkylation sites (N-methyl/N-ethyl adjacent to an activating group) is 1. The first-order valence-electron chi connectivity index (χ1n) is 9.45. The first-order valence-corrected chi connectivity index (χ1v) is 10.4. The molecule has 2 aliphatic rings. The highest BCUT2D eigenvalue weighted by Crippen LogP contribution is 2.40. The molecule has 1 amide bonds. The molecule has 28 heavy (non-hydrogen) atoms. The average Bonchev–Trinajstić information content (AvgIpc) is 3.48. The minimum absolute atomic E-state index is 0.0218. The summed E-state index contributed by atoms with van der Waals surface area (Å²) in [6.45, 7) is 5.38. The third-order valence-electron chi connectivity index (χ3n) is 4.80. The number of carbonyl (C=O) groups excluding carboxylic acids is 1. The molecule has 1 aliphatic carbocycles. The number of aromatic nitrogens is 3. The van der Waals surface area contributed by atoms with E-state index in [0.717, 1.165) is 35.3 Å². The SMILES string of the molecule is C=CCn1c(SCC(=O)N(C)CC2COc3ccccc3O2)nnc1C1CC1. The zero-order chi connectivity index (χ0) is 19.5. The van der Waals surface area contributed by atoms with Crippen molar-refractivity contribution in [2.24, 2.45) is 0 Å². The van der Waals surface area contributed by atoms with Crippen LogP contribution in [-0.2, 0) is 11.3 Å². The van der Waals surface area contributed by atoms with E-state index in [1.165, 1.54) is 11.8 Å². The molecule has 2 aromatic rings. The van der Waals surface area contributed by atoms with E-state index < -0.39 is 0 Å². The number of carbonyl (C=O) groups is 1. The lowest BCUT2D eigenvalue weighted by atomic mass is 10.2. The van der Waals surface area contributed by atoms with Crippen molar-refractivity contribution in [3.63, 3.8) is 0 Å². The quantitative estimate of drug-likeness (QED) is 0.501. The number of thioether (sulfide) groups is 1. The summed E-state index contributed by atoms with van der Waals surface area (Å²) in [4.78, 5) is 14.3. The number of ether oxygens (including phenoxy) is 2. The van der Waals surface area contributed by atoms with Gasteiger partial charge in [-0.3, -0.25) is 4.79 Å². The minimum atomic E-state index is -0.181. The van der Waals surface area contributed by atoms with E-state index in [0.29, 0.717) is 31.4 Å². The van der Waals surface area contributed by atoms with Crippen molar-refractivity contribution in [1.29, 1.82) is 0 Å². The van der Waals surface area contributed by atoms with Gasteiger partial charge in [0, 0.05) is 19.5 Å². The Morgan fingerprint density at radius 2 is 2.14 bits per heavy atom. The predicted octanol–water partition coefficient (Wildman–Crippen LogP) is 2.73. The largest absolute Gasteiger partial charge is 0.486 e. The molecule has 7 nitrogen and oxygen atoms in total. The van der Waals surface area contributed by atoms with Gasteiger partial charge in [-0.2, -0.15) is 0 Å². The Hall–Kier alpha value is -2.48. The van der Waals surface area contributed by atoms with Crippen molar-refractivity contribution in [3.05, 3.63) is 42.7 Å². The third-order valence-corrected chi connectivity index (χ3v) is 5.75. The molecule has 0 bridgehead atoms. The molecule has 1 atom stereocenters. The highest BCUT2D eigenvalue weighted by atomic mass is 32.2. The van der Waals surface area contributed by atoms with Crippen LogP contribution in [-0.4, -0.2) is 57.6 Å². The number of para-hydroxylation sites is 2. The molecule has 1 aromatic carbocycles. The summed E-state index contributed by atoms with van der Waals surface area (Å²) in [6.07, 6.45) is 3.98. The molecule has 0 radical (unpaired) electrons. The first kappa shape index (κ1) is 18.9. The molecule has 1 aromatic heterocycles. The maximum absolute atomic E-state index is 12.6. The number of nitrogens with zero attached hydrogens (tertiary/aromatic N) is 4. The molecular weight excluding hydrogens is 376 g/mol. The van der Waals surface area contributed by atoms with Crippen LogP contribution >= 0.6 is 11.8 Å². The average molecular weight is 401 g/mol. The van der Waals surface area contributed by atoms with Gasteiger partial charge >= 0.3 is 0 Å². The molecule has 8 heteroatoms. The second-order valence-corrected chi connectivity index (χ2v) is 8.02. The zero-order valence-electron chi connectivity index (χ0n) is 15.9. The van der Waals surface area contributed by atoms with Gasteiger partial charge in [0.05, 0.1) is 12.3 Å². The Bertz CT molecular complexity index is 865. The lowest BCUT2D eigenvalue weighted by molar-refractivity contribution is -0.128. The van der Waals surface area contributed by atoms with Gasteiger partial charge in [-0.1, -0.05) is 30.0 Å². The fourth-order valence-corrected chi connectivity index (χ4v) is 4.04. The summed E-state index contributed by atoms with van der Waals surface area (Å²) in [5.41, 5.74) is 0. The maximum atomic E-state index is 12.6. The van der Waals surface area contributed by atoms with E-state index in [9.17, 15) is 4.79 Å². The van der Waals surface area contributed by atoms with Crippen molar-refractivity contribution >= 4 is 17.7 Å². The number of fused-ring (bicyclic) bond motifs is 1. The van der Waals surface area contributed by atoms with Crippen LogP contribution < -0.4 is 9.47 Å². The van der Waals surface area contributed by atoms with Crippen LogP contribution in [0, 0.1) is 0 Å². The Balaban J connectivity index is 1.31. The van der Waals surface area contributed by atoms with Crippen molar-refractivity contribution in [1.82, 2.24) is 19.7 Å². The standard InChI is InChI=1S/C20H24N4O3S/c1-3-10-24-19(14-8-9-14)21-22-20(24)28-13-18(25)23(2)11-15-12-26-16-6-4-5-7-17(16)27-15/h3-7,14-15H,1,8-13H2,2H3. The Kier molecular flexibility index (Phi) is 5.57. The van der Waals surface area contributed by atoms with Crippen LogP contribution in [0.4, 0.5) is 0 Å². The zero-order valence-corrected chi connectivity index (χ0v) is 16.7. The molecule has 148 valence electrons. The summed E-state index contributed by atoms with van der Waals surface area (Å²) in [5, 5.41) is 9.37. The molecule has 1 unspecified atom stereocenters. The fourth-order valence-electron chi connectivity index (χ4n) is 3.15. The van der Waals surface area contributed by atoms with E-state index >= 15 is 0 Å². The van der Waals surface area contributed by atoms with E-state index in [2.05, 4.69) is 21.3 Å². The molecule has 2 heterocycles. The molecule has 4 rings (SSSR count). The number of benzene rings is 1. The Morgan fingerprint density at radius 1 is 1.36 bits per heavy atom. The fraction of sp³-hybridized carbons (Fsp3) is 0.450. The Morgan fingerprint density at radius 3 is 2.89 bits per heavy atom. The second kappa shape index (κ2) is 8.26. The molecule has 0 N–H and O–H groups in total.